The first-order chi connectivity index (χ1) is 9.71. The Morgan fingerprint density at radius 3 is 2.10 bits per heavy atom. The first-order valence-corrected chi connectivity index (χ1v) is 6.84. The van der Waals surface area contributed by atoms with Crippen LogP contribution in [-0.2, 0) is 9.47 Å². The van der Waals surface area contributed by atoms with Gasteiger partial charge in [0.1, 0.15) is 0 Å². The first-order valence-electron chi connectivity index (χ1n) is 6.84. The molecule has 5 nitrogen and oxygen atoms in total. The predicted octanol–water partition coefficient (Wildman–Crippen LogP) is 2.36. The van der Waals surface area contributed by atoms with E-state index in [2.05, 4.69) is 5.32 Å². The molecule has 0 aliphatic heterocycles. The van der Waals surface area contributed by atoms with Gasteiger partial charge in [0.05, 0.1) is 19.3 Å². The Morgan fingerprint density at radius 2 is 1.60 bits per heavy atom. The quantitative estimate of drug-likeness (QED) is 0.705. The lowest BCUT2D eigenvalue weighted by Gasteiger charge is -2.25. The van der Waals surface area contributed by atoms with Crippen LogP contribution in [-0.4, -0.2) is 40.8 Å². The standard InChI is InChI=1S/C15H25NO4/c1-6-19-12-9-8-11(10-13(12)20-7-2)14(16-3)15(17-4)18-5/h8-10,14-16H,6-7H2,1-5H3. The molecule has 1 aromatic rings. The summed E-state index contributed by atoms with van der Waals surface area (Å²) < 4.78 is 21.9. The average molecular weight is 283 g/mol. The highest BCUT2D eigenvalue weighted by Gasteiger charge is 2.22. The molecule has 1 atom stereocenters. The topological polar surface area (TPSA) is 49.0 Å². The molecule has 1 unspecified atom stereocenters. The Hall–Kier alpha value is -1.30. The van der Waals surface area contributed by atoms with Crippen molar-refractivity contribution in [3.8, 4) is 11.5 Å². The highest BCUT2D eigenvalue weighted by atomic mass is 16.7. The van der Waals surface area contributed by atoms with Crippen molar-refractivity contribution in [2.24, 2.45) is 0 Å². The molecule has 5 heteroatoms. The average Bonchev–Trinajstić information content (AvgIpc) is 2.47. The number of ether oxygens (including phenoxy) is 4. The third-order valence-corrected chi connectivity index (χ3v) is 2.97. The van der Waals surface area contributed by atoms with E-state index in [4.69, 9.17) is 18.9 Å². The summed E-state index contributed by atoms with van der Waals surface area (Å²) in [7, 11) is 5.11. The molecule has 0 aromatic heterocycles. The largest absolute Gasteiger partial charge is 0.490 e. The molecular weight excluding hydrogens is 258 g/mol. The van der Waals surface area contributed by atoms with Crippen molar-refractivity contribution in [2.45, 2.75) is 26.2 Å². The molecule has 0 radical (unpaired) electrons. The molecule has 0 amide bonds. The summed E-state index contributed by atoms with van der Waals surface area (Å²) in [4.78, 5) is 0. The van der Waals surface area contributed by atoms with Gasteiger partial charge >= 0.3 is 0 Å². The second kappa shape index (κ2) is 8.79. The smallest absolute Gasteiger partial charge is 0.176 e. The van der Waals surface area contributed by atoms with Crippen LogP contribution in [0.2, 0.25) is 0 Å². The summed E-state index contributed by atoms with van der Waals surface area (Å²) in [6.07, 6.45) is -0.368. The second-order valence-corrected chi connectivity index (χ2v) is 4.18. The lowest BCUT2D eigenvalue weighted by Crippen LogP contribution is -2.32. The molecule has 0 saturated heterocycles. The Kier molecular flexibility index (Phi) is 7.36. The van der Waals surface area contributed by atoms with E-state index in [1.54, 1.807) is 14.2 Å². The maximum absolute atomic E-state index is 5.64. The first kappa shape index (κ1) is 16.8. The van der Waals surface area contributed by atoms with Crippen LogP contribution in [0.1, 0.15) is 25.5 Å². The highest BCUT2D eigenvalue weighted by Crippen LogP contribution is 2.32. The summed E-state index contributed by atoms with van der Waals surface area (Å²) in [6, 6.07) is 5.77. The van der Waals surface area contributed by atoms with Gasteiger partial charge in [-0.1, -0.05) is 6.07 Å². The molecule has 0 saturated carbocycles. The van der Waals surface area contributed by atoms with Gasteiger partial charge in [-0.15, -0.1) is 0 Å². The fourth-order valence-electron chi connectivity index (χ4n) is 2.09. The van der Waals surface area contributed by atoms with Crippen molar-refractivity contribution in [2.75, 3.05) is 34.5 Å². The zero-order chi connectivity index (χ0) is 15.0. The van der Waals surface area contributed by atoms with Crippen LogP contribution in [0.25, 0.3) is 0 Å². The van der Waals surface area contributed by atoms with Gasteiger partial charge in [-0.05, 0) is 38.6 Å². The van der Waals surface area contributed by atoms with Crippen molar-refractivity contribution >= 4 is 0 Å². The number of methoxy groups -OCH3 is 2. The second-order valence-electron chi connectivity index (χ2n) is 4.18. The summed E-state index contributed by atoms with van der Waals surface area (Å²) >= 11 is 0. The Bertz CT molecular complexity index is 393. The summed E-state index contributed by atoms with van der Waals surface area (Å²) in [5, 5.41) is 3.19. The van der Waals surface area contributed by atoms with Crippen LogP contribution in [0, 0.1) is 0 Å². The fraction of sp³-hybridized carbons (Fsp3) is 0.600. The number of rotatable bonds is 9. The van der Waals surface area contributed by atoms with Gasteiger partial charge in [0.15, 0.2) is 17.8 Å². The van der Waals surface area contributed by atoms with Gasteiger partial charge in [-0.3, -0.25) is 0 Å². The van der Waals surface area contributed by atoms with E-state index >= 15 is 0 Å². The predicted molar refractivity (Wildman–Crippen MR) is 78.4 cm³/mol. The number of hydrogen-bond acceptors (Lipinski definition) is 5. The van der Waals surface area contributed by atoms with Crippen molar-refractivity contribution in [3.63, 3.8) is 0 Å². The van der Waals surface area contributed by atoms with E-state index in [1.165, 1.54) is 0 Å². The van der Waals surface area contributed by atoms with Crippen molar-refractivity contribution in [1.82, 2.24) is 5.32 Å². The Morgan fingerprint density at radius 1 is 1.00 bits per heavy atom. The van der Waals surface area contributed by atoms with E-state index in [0.29, 0.717) is 13.2 Å². The minimum atomic E-state index is -0.368. The molecule has 0 aliphatic rings. The van der Waals surface area contributed by atoms with Gasteiger partial charge in [0.2, 0.25) is 0 Å². The van der Waals surface area contributed by atoms with Gasteiger partial charge in [-0.25, -0.2) is 0 Å². The van der Waals surface area contributed by atoms with Crippen molar-refractivity contribution < 1.29 is 18.9 Å². The van der Waals surface area contributed by atoms with Crippen molar-refractivity contribution in [1.29, 1.82) is 0 Å². The normalized spacial score (nSPS) is 12.5. The Labute approximate surface area is 121 Å². The lowest BCUT2D eigenvalue weighted by atomic mass is 10.1. The monoisotopic (exact) mass is 283 g/mol. The Balaban J connectivity index is 3.07. The van der Waals surface area contributed by atoms with E-state index < -0.39 is 0 Å². The molecule has 1 rings (SSSR count). The minimum Gasteiger partial charge on any atom is -0.490 e. The molecule has 20 heavy (non-hydrogen) atoms. The van der Waals surface area contributed by atoms with Gasteiger partial charge < -0.3 is 24.3 Å². The molecule has 0 heterocycles. The molecule has 0 fully saturated rings. The summed E-state index contributed by atoms with van der Waals surface area (Å²) in [5.41, 5.74) is 1.02. The van der Waals surface area contributed by atoms with Crippen LogP contribution in [0.3, 0.4) is 0 Å². The van der Waals surface area contributed by atoms with Gasteiger partial charge in [-0.2, -0.15) is 0 Å². The van der Waals surface area contributed by atoms with Crippen LogP contribution in [0.4, 0.5) is 0 Å². The fourth-order valence-corrected chi connectivity index (χ4v) is 2.09. The van der Waals surface area contributed by atoms with Crippen molar-refractivity contribution in [3.05, 3.63) is 23.8 Å². The molecule has 1 aromatic carbocycles. The maximum Gasteiger partial charge on any atom is 0.176 e. The molecule has 1 N–H and O–H groups in total. The van der Waals surface area contributed by atoms with E-state index in [-0.39, 0.29) is 12.3 Å². The zero-order valence-electron chi connectivity index (χ0n) is 12.9. The van der Waals surface area contributed by atoms with Gasteiger partial charge in [0.25, 0.3) is 0 Å². The third kappa shape index (κ3) is 4.10. The van der Waals surface area contributed by atoms with Crippen LogP contribution in [0.5, 0.6) is 11.5 Å². The van der Waals surface area contributed by atoms with Gasteiger partial charge in [0, 0.05) is 14.2 Å². The maximum atomic E-state index is 5.64. The number of likely N-dealkylation sites (N-methyl/N-ethyl adjacent to an activating group) is 1. The lowest BCUT2D eigenvalue weighted by molar-refractivity contribution is -0.123. The third-order valence-electron chi connectivity index (χ3n) is 2.97. The molecule has 0 aliphatic carbocycles. The molecular formula is C15H25NO4. The number of benzene rings is 1. The van der Waals surface area contributed by atoms with E-state index in [1.807, 2.05) is 39.1 Å². The molecule has 0 bridgehead atoms. The zero-order valence-corrected chi connectivity index (χ0v) is 12.9. The summed E-state index contributed by atoms with van der Waals surface area (Å²) in [5.74, 6) is 1.48. The van der Waals surface area contributed by atoms with Crippen LogP contribution >= 0.6 is 0 Å². The molecule has 0 spiro atoms. The molecule has 114 valence electrons. The summed E-state index contributed by atoms with van der Waals surface area (Å²) in [6.45, 7) is 5.09. The number of nitrogens with one attached hydrogen (secondary N) is 1. The minimum absolute atomic E-state index is 0.0834. The van der Waals surface area contributed by atoms with Crippen LogP contribution < -0.4 is 14.8 Å². The van der Waals surface area contributed by atoms with Crippen LogP contribution in [0.15, 0.2) is 18.2 Å². The van der Waals surface area contributed by atoms with E-state index in [9.17, 15) is 0 Å². The number of hydrogen-bond donors (Lipinski definition) is 1. The highest BCUT2D eigenvalue weighted by molar-refractivity contribution is 5.44. The van der Waals surface area contributed by atoms with E-state index in [0.717, 1.165) is 17.1 Å². The SMILES string of the molecule is CCOc1ccc(C(NC)C(OC)OC)cc1OCC.